The Morgan fingerprint density at radius 3 is 0.750 bits per heavy atom. The van der Waals surface area contributed by atoms with Crippen molar-refractivity contribution in [1.82, 2.24) is 0 Å². The second-order valence-corrected chi connectivity index (χ2v) is 0. The Labute approximate surface area is 80.4 Å². The molecule has 0 N–H and O–H groups in total. The van der Waals surface area contributed by atoms with Crippen LogP contribution in [0.25, 0.3) is 0 Å². The average molecular weight is 427 g/mol. The Morgan fingerprint density at radius 2 is 0.750 bits per heavy atom. The maximum atomic E-state index is 0. The van der Waals surface area contributed by atoms with Crippen LogP contribution < -0.4 is 0 Å². The fourth-order valence-corrected chi connectivity index (χ4v) is 0. The molecule has 0 unspecified atom stereocenters. The largest absolute Gasteiger partial charge is 3.00 e. The van der Waals surface area contributed by atoms with Crippen molar-refractivity contribution in [2.24, 2.45) is 0 Å². The van der Waals surface area contributed by atoms with Gasteiger partial charge in [-0.15, -0.1) is 0 Å². The third kappa shape index (κ3) is 8.85. The van der Waals surface area contributed by atoms with E-state index in [0.717, 1.165) is 0 Å². The molecule has 0 spiro atoms. The van der Waals surface area contributed by atoms with E-state index in [1.165, 1.54) is 0 Å². The molecule has 0 heterocycles. The van der Waals surface area contributed by atoms with Crippen LogP contribution in [0.1, 0.15) is 0 Å². The fourth-order valence-electron chi connectivity index (χ4n) is 0. The van der Waals surface area contributed by atoms with Crippen molar-refractivity contribution in [3.8, 4) is 0 Å². The van der Waals surface area contributed by atoms with Crippen LogP contribution in [0.2, 0.25) is 0 Å². The molecule has 0 rings (SSSR count). The van der Waals surface area contributed by atoms with Gasteiger partial charge in [0.2, 0.25) is 0 Å². The molecule has 4 heavy (non-hydrogen) atoms. The van der Waals surface area contributed by atoms with Crippen molar-refractivity contribution in [1.29, 1.82) is 0 Å². The Kier molecular flexibility index (Phi) is 155. The van der Waals surface area contributed by atoms with Crippen LogP contribution in [-0.2, 0) is 11.0 Å². The van der Waals surface area contributed by atoms with Crippen molar-refractivity contribution in [2.75, 3.05) is 0 Å². The van der Waals surface area contributed by atoms with E-state index in [1.807, 2.05) is 0 Å². The van der Waals surface area contributed by atoms with Gasteiger partial charge in [0.15, 0.2) is 0 Å². The van der Waals surface area contributed by atoms with E-state index in [4.69, 9.17) is 0 Å². The first-order valence-corrected chi connectivity index (χ1v) is 0. The maximum absolute atomic E-state index is 0. The van der Waals surface area contributed by atoms with E-state index in [9.17, 15) is 0 Å². The zero-order valence-corrected chi connectivity index (χ0v) is 8.10. The second-order valence-electron chi connectivity index (χ2n) is 0. The second kappa shape index (κ2) is 18.5. The van der Waals surface area contributed by atoms with Gasteiger partial charge in [0.25, 0.3) is 0 Å². The summed E-state index contributed by atoms with van der Waals surface area (Å²) in [5, 5.41) is 0. The van der Waals surface area contributed by atoms with Gasteiger partial charge in [-0.25, -0.2) is 0 Å². The molecule has 0 aliphatic carbocycles. The van der Waals surface area contributed by atoms with Gasteiger partial charge in [-0.05, 0) is 0 Å². The van der Waals surface area contributed by atoms with Crippen LogP contribution in [0, 0.1) is 71.1 Å². The zero-order valence-electron chi connectivity index (χ0n) is 1.67. The number of hydrogen-bond donors (Lipinski definition) is 0. The smallest absolute Gasteiger partial charge is 2.00 e. The molecule has 0 amide bonds. The summed E-state index contributed by atoms with van der Waals surface area (Å²) < 4.78 is 0. The van der Waals surface area contributed by atoms with E-state index >= 15 is 0 Å². The van der Waals surface area contributed by atoms with Crippen molar-refractivity contribution in [3.63, 3.8) is 0 Å². The summed E-state index contributed by atoms with van der Waals surface area (Å²) in [5.41, 5.74) is 0. The zero-order chi connectivity index (χ0) is 0. The molecule has 2 nitrogen and oxygen atoms in total. The summed E-state index contributed by atoms with van der Waals surface area (Å²) in [6.07, 6.45) is 0. The van der Waals surface area contributed by atoms with Crippen LogP contribution in [0.15, 0.2) is 0 Å². The molecule has 0 aromatic heterocycles. The van der Waals surface area contributed by atoms with Gasteiger partial charge >= 0.3 is 39.9 Å². The van der Waals surface area contributed by atoms with Gasteiger partial charge < -0.3 is 11.0 Å². The summed E-state index contributed by atoms with van der Waals surface area (Å²) in [6.45, 7) is 0. The summed E-state index contributed by atoms with van der Waals surface area (Å²) in [4.78, 5) is 0. The minimum absolute atomic E-state index is 0. The maximum Gasteiger partial charge on any atom is 3.00 e. The fraction of sp³-hybridized carbons (Fsp3) is 0. The monoisotopic (exact) mass is 428 g/mol. The third-order valence-electron chi connectivity index (χ3n) is 0. The van der Waals surface area contributed by atoms with Gasteiger partial charge in [-0.3, -0.25) is 0 Å². The van der Waals surface area contributed by atoms with Gasteiger partial charge in [0, 0.05) is 31.1 Å². The van der Waals surface area contributed by atoms with Crippen LogP contribution >= 0.6 is 0 Å². The van der Waals surface area contributed by atoms with Crippen LogP contribution in [-0.4, -0.2) is 0 Å². The Balaban J connectivity index is 0. The number of rotatable bonds is 0. The molecule has 1 radical (unpaired) electrons. The van der Waals surface area contributed by atoms with Crippen LogP contribution in [0.5, 0.6) is 0 Å². The first-order valence-electron chi connectivity index (χ1n) is 0. The molecular formula is GdO2U-. The molecule has 25 valence electrons. The van der Waals surface area contributed by atoms with E-state index in [-0.39, 0.29) is 82.0 Å². The summed E-state index contributed by atoms with van der Waals surface area (Å²) in [7, 11) is 0. The Bertz CT molecular complexity index is 6.00. The van der Waals surface area contributed by atoms with E-state index < -0.39 is 0 Å². The number of hydrogen-bond acceptors (Lipinski definition) is 0. The van der Waals surface area contributed by atoms with Crippen molar-refractivity contribution in [2.45, 2.75) is 0 Å². The van der Waals surface area contributed by atoms with Gasteiger partial charge in [0.1, 0.15) is 0 Å². The Morgan fingerprint density at radius 1 is 0.750 bits per heavy atom. The summed E-state index contributed by atoms with van der Waals surface area (Å²) in [6, 6.07) is 0. The van der Waals surface area contributed by atoms with E-state index in [0.29, 0.717) is 0 Å². The molecule has 0 aliphatic rings. The SMILES string of the molecule is [Gd+3].[O-2].[O-2].[U]. The topological polar surface area (TPSA) is 57.0 Å². The van der Waals surface area contributed by atoms with Crippen molar-refractivity contribution >= 4 is 0 Å². The average Bonchev–Trinajstić information content (AvgIpc) is 0. The van der Waals surface area contributed by atoms with E-state index in [2.05, 4.69) is 0 Å². The first-order chi connectivity index (χ1) is 0. The van der Waals surface area contributed by atoms with Crippen molar-refractivity contribution in [3.05, 3.63) is 0 Å². The molecule has 0 aromatic rings. The molecule has 0 atom stereocenters. The molecule has 4 heteroatoms. The molecule has 0 saturated carbocycles. The first kappa shape index (κ1) is 33.5. The molecule has 0 aromatic carbocycles. The minimum atomic E-state index is 0. The molecule has 0 saturated heterocycles. The molecule has 0 aliphatic heterocycles. The minimum Gasteiger partial charge on any atom is -2.00 e. The quantitative estimate of drug-likeness (QED) is 0.513. The van der Waals surface area contributed by atoms with Gasteiger partial charge in [0.05, 0.1) is 0 Å². The van der Waals surface area contributed by atoms with E-state index in [1.54, 1.807) is 0 Å². The molecule has 0 bridgehead atoms. The molecule has 0 fully saturated rings. The normalized spacial score (nSPS) is 0. The standard InChI is InChI=1S/Gd.2O.U/q+3;2*-2;. The van der Waals surface area contributed by atoms with Crippen molar-refractivity contribution < 1.29 is 82.0 Å². The third-order valence-corrected chi connectivity index (χ3v) is 0. The predicted octanol–water partition coefficient (Wildman–Crippen LogP) is -0.238. The van der Waals surface area contributed by atoms with Gasteiger partial charge in [-0.1, -0.05) is 0 Å². The van der Waals surface area contributed by atoms with Crippen LogP contribution in [0.3, 0.4) is 0 Å². The summed E-state index contributed by atoms with van der Waals surface area (Å²) >= 11 is 0. The predicted molar refractivity (Wildman–Crippen MR) is 1.37 cm³/mol. The Hall–Kier alpha value is 2.30. The summed E-state index contributed by atoms with van der Waals surface area (Å²) in [5.74, 6) is 0. The van der Waals surface area contributed by atoms with Gasteiger partial charge in [-0.2, -0.15) is 0 Å². The molecular weight excluding hydrogens is 427 g/mol. The van der Waals surface area contributed by atoms with Crippen LogP contribution in [0.4, 0.5) is 0 Å².